The summed E-state index contributed by atoms with van der Waals surface area (Å²) in [6, 6.07) is 22.0. The first-order chi connectivity index (χ1) is 16.0. The van der Waals surface area contributed by atoms with Crippen molar-refractivity contribution in [2.24, 2.45) is 0 Å². The van der Waals surface area contributed by atoms with Crippen LogP contribution < -0.4 is 16.0 Å². The van der Waals surface area contributed by atoms with Gasteiger partial charge in [0, 0.05) is 6.54 Å². The minimum absolute atomic E-state index is 0.0389. The lowest BCUT2D eigenvalue weighted by Crippen LogP contribution is -2.32. The number of carbonyl (C=O) groups excluding carboxylic acids is 3. The molecular formula is C26H24ClN3O3. The number of nitrogens with one attached hydrogen (secondary N) is 3. The molecule has 0 aliphatic carbocycles. The number of benzene rings is 3. The van der Waals surface area contributed by atoms with Crippen LogP contribution in [0.1, 0.15) is 38.7 Å². The van der Waals surface area contributed by atoms with Crippen molar-refractivity contribution in [1.29, 1.82) is 0 Å². The maximum absolute atomic E-state index is 12.9. The van der Waals surface area contributed by atoms with Crippen LogP contribution in [0, 0.1) is 0 Å². The van der Waals surface area contributed by atoms with Gasteiger partial charge in [-0.15, -0.1) is 6.58 Å². The molecule has 0 aliphatic rings. The summed E-state index contributed by atoms with van der Waals surface area (Å²) in [6.45, 7) is 3.89. The van der Waals surface area contributed by atoms with Gasteiger partial charge in [-0.3, -0.25) is 14.4 Å². The Kier molecular flexibility index (Phi) is 8.38. The van der Waals surface area contributed by atoms with Crippen molar-refractivity contribution in [3.63, 3.8) is 0 Å². The van der Waals surface area contributed by atoms with E-state index in [1.807, 2.05) is 30.3 Å². The summed E-state index contributed by atoms with van der Waals surface area (Å²) < 4.78 is 0. The van der Waals surface area contributed by atoms with Gasteiger partial charge in [-0.05, 0) is 29.8 Å². The Balaban J connectivity index is 1.78. The van der Waals surface area contributed by atoms with E-state index in [9.17, 15) is 14.4 Å². The van der Waals surface area contributed by atoms with Crippen molar-refractivity contribution in [2.45, 2.75) is 12.5 Å². The summed E-state index contributed by atoms with van der Waals surface area (Å²) in [7, 11) is 0. The number of halogens is 1. The topological polar surface area (TPSA) is 87.3 Å². The molecule has 0 aromatic heterocycles. The standard InChI is InChI=1S/C26H24ClN3O3/c1-2-16-28-25(32)20-13-7-9-15-22(20)29-24(31)17-23(18-10-4-3-5-11-18)30-26(33)19-12-6-8-14-21(19)27/h2-15,23H,1,16-17H2,(H,28,32)(H,29,31)(H,30,33). The smallest absolute Gasteiger partial charge is 0.253 e. The van der Waals surface area contributed by atoms with E-state index in [0.29, 0.717) is 28.4 Å². The summed E-state index contributed by atoms with van der Waals surface area (Å²) >= 11 is 6.16. The summed E-state index contributed by atoms with van der Waals surface area (Å²) in [4.78, 5) is 38.2. The Morgan fingerprint density at radius 2 is 1.48 bits per heavy atom. The lowest BCUT2D eigenvalue weighted by molar-refractivity contribution is -0.116. The monoisotopic (exact) mass is 461 g/mol. The number of carbonyl (C=O) groups is 3. The number of anilines is 1. The van der Waals surface area contributed by atoms with Crippen molar-refractivity contribution < 1.29 is 14.4 Å². The maximum Gasteiger partial charge on any atom is 0.253 e. The molecule has 0 bridgehead atoms. The normalized spacial score (nSPS) is 11.2. The second kappa shape index (κ2) is 11.6. The fraction of sp³-hybridized carbons (Fsp3) is 0.115. The third-order valence-corrected chi connectivity index (χ3v) is 5.20. The first kappa shape index (κ1) is 23.8. The van der Waals surface area contributed by atoms with Gasteiger partial charge in [0.1, 0.15) is 0 Å². The van der Waals surface area contributed by atoms with Gasteiger partial charge in [-0.2, -0.15) is 0 Å². The number of para-hydroxylation sites is 1. The van der Waals surface area contributed by atoms with Crippen LogP contribution >= 0.6 is 11.6 Å². The van der Waals surface area contributed by atoms with Crippen LogP contribution in [0.3, 0.4) is 0 Å². The van der Waals surface area contributed by atoms with Gasteiger partial charge in [-0.1, -0.05) is 72.3 Å². The van der Waals surface area contributed by atoms with Gasteiger partial charge >= 0.3 is 0 Å². The van der Waals surface area contributed by atoms with Gasteiger partial charge in [0.25, 0.3) is 11.8 Å². The molecular weight excluding hydrogens is 438 g/mol. The predicted molar refractivity (Wildman–Crippen MR) is 130 cm³/mol. The Hall–Kier alpha value is -3.90. The number of amides is 3. The molecule has 33 heavy (non-hydrogen) atoms. The maximum atomic E-state index is 12.9. The molecule has 3 aromatic carbocycles. The van der Waals surface area contributed by atoms with E-state index in [4.69, 9.17) is 11.6 Å². The second-order valence-electron chi connectivity index (χ2n) is 7.21. The van der Waals surface area contributed by atoms with Gasteiger partial charge in [0.2, 0.25) is 5.91 Å². The minimum Gasteiger partial charge on any atom is -0.349 e. The Bertz CT molecular complexity index is 1150. The van der Waals surface area contributed by atoms with Crippen LogP contribution in [-0.2, 0) is 4.79 Å². The molecule has 1 atom stereocenters. The molecule has 3 amide bonds. The summed E-state index contributed by atoms with van der Waals surface area (Å²) in [5, 5.41) is 8.71. The molecule has 0 saturated carbocycles. The fourth-order valence-corrected chi connectivity index (χ4v) is 3.48. The van der Waals surface area contributed by atoms with Gasteiger partial charge in [0.15, 0.2) is 0 Å². The van der Waals surface area contributed by atoms with Gasteiger partial charge in [-0.25, -0.2) is 0 Å². The quantitative estimate of drug-likeness (QED) is 0.401. The molecule has 3 N–H and O–H groups in total. The molecule has 3 aromatic rings. The fourth-order valence-electron chi connectivity index (χ4n) is 3.26. The van der Waals surface area contributed by atoms with Crippen LogP contribution in [-0.4, -0.2) is 24.3 Å². The van der Waals surface area contributed by atoms with E-state index in [1.54, 1.807) is 54.6 Å². The zero-order valence-electron chi connectivity index (χ0n) is 17.9. The SMILES string of the molecule is C=CCNC(=O)c1ccccc1NC(=O)CC(NC(=O)c1ccccc1Cl)c1ccccc1. The first-order valence-corrected chi connectivity index (χ1v) is 10.8. The van der Waals surface area contributed by atoms with E-state index in [2.05, 4.69) is 22.5 Å². The van der Waals surface area contributed by atoms with Crippen LogP contribution in [0.25, 0.3) is 0 Å². The highest BCUT2D eigenvalue weighted by Crippen LogP contribution is 2.22. The molecule has 0 heterocycles. The van der Waals surface area contributed by atoms with Gasteiger partial charge in [0.05, 0.1) is 34.3 Å². The highest BCUT2D eigenvalue weighted by atomic mass is 35.5. The lowest BCUT2D eigenvalue weighted by atomic mass is 10.0. The predicted octanol–water partition coefficient (Wildman–Crippen LogP) is 4.76. The number of hydrogen-bond donors (Lipinski definition) is 3. The van der Waals surface area contributed by atoms with Crippen molar-refractivity contribution in [3.05, 3.63) is 113 Å². The third-order valence-electron chi connectivity index (χ3n) is 4.87. The van der Waals surface area contributed by atoms with E-state index >= 15 is 0 Å². The zero-order chi connectivity index (χ0) is 23.6. The van der Waals surface area contributed by atoms with Crippen LogP contribution in [0.15, 0.2) is 91.5 Å². The molecule has 7 heteroatoms. The Labute approximate surface area is 197 Å². The zero-order valence-corrected chi connectivity index (χ0v) is 18.6. The van der Waals surface area contributed by atoms with Crippen molar-refractivity contribution >= 4 is 35.0 Å². The summed E-state index contributed by atoms with van der Waals surface area (Å²) in [5.41, 5.74) is 1.81. The largest absolute Gasteiger partial charge is 0.349 e. The Morgan fingerprint density at radius 3 is 2.18 bits per heavy atom. The molecule has 0 saturated heterocycles. The van der Waals surface area contributed by atoms with Gasteiger partial charge < -0.3 is 16.0 Å². The molecule has 1 unspecified atom stereocenters. The highest BCUT2D eigenvalue weighted by molar-refractivity contribution is 6.33. The molecule has 168 valence electrons. The van der Waals surface area contributed by atoms with E-state index in [-0.39, 0.29) is 24.1 Å². The average molecular weight is 462 g/mol. The molecule has 0 radical (unpaired) electrons. The average Bonchev–Trinajstić information content (AvgIpc) is 2.83. The third kappa shape index (κ3) is 6.54. The minimum atomic E-state index is -0.600. The summed E-state index contributed by atoms with van der Waals surface area (Å²) in [6.07, 6.45) is 1.54. The van der Waals surface area contributed by atoms with Crippen LogP contribution in [0.4, 0.5) is 5.69 Å². The molecule has 3 rings (SSSR count). The highest BCUT2D eigenvalue weighted by Gasteiger charge is 2.21. The van der Waals surface area contributed by atoms with Crippen molar-refractivity contribution in [2.75, 3.05) is 11.9 Å². The molecule has 0 spiro atoms. The van der Waals surface area contributed by atoms with Crippen LogP contribution in [0.2, 0.25) is 5.02 Å². The number of rotatable bonds is 9. The molecule has 6 nitrogen and oxygen atoms in total. The van der Waals surface area contributed by atoms with Crippen LogP contribution in [0.5, 0.6) is 0 Å². The lowest BCUT2D eigenvalue weighted by Gasteiger charge is -2.20. The van der Waals surface area contributed by atoms with Crippen molar-refractivity contribution in [3.8, 4) is 0 Å². The van der Waals surface area contributed by atoms with E-state index in [1.165, 1.54) is 0 Å². The van der Waals surface area contributed by atoms with E-state index < -0.39 is 6.04 Å². The molecule has 0 aliphatic heterocycles. The number of hydrogen-bond acceptors (Lipinski definition) is 3. The van der Waals surface area contributed by atoms with E-state index in [0.717, 1.165) is 5.56 Å². The Morgan fingerprint density at radius 1 is 0.848 bits per heavy atom. The summed E-state index contributed by atoms with van der Waals surface area (Å²) in [5.74, 6) is -1.06. The first-order valence-electron chi connectivity index (χ1n) is 10.4. The second-order valence-corrected chi connectivity index (χ2v) is 7.62. The van der Waals surface area contributed by atoms with Crippen molar-refractivity contribution in [1.82, 2.24) is 10.6 Å². The molecule has 0 fully saturated rings.